The number of nitrogen functional groups attached to an aromatic ring is 1. The van der Waals surface area contributed by atoms with E-state index in [1.54, 1.807) is 0 Å². The molecule has 19 heavy (non-hydrogen) atoms. The van der Waals surface area contributed by atoms with E-state index in [-0.39, 0.29) is 0 Å². The minimum Gasteiger partial charge on any atom is -0.398 e. The summed E-state index contributed by atoms with van der Waals surface area (Å²) in [6.45, 7) is 8.09. The predicted octanol–water partition coefficient (Wildman–Crippen LogP) is 3.84. The van der Waals surface area contributed by atoms with Crippen LogP contribution in [0.3, 0.4) is 0 Å². The lowest BCUT2D eigenvalue weighted by Crippen LogP contribution is -2.35. The summed E-state index contributed by atoms with van der Waals surface area (Å²) >= 11 is 0. The van der Waals surface area contributed by atoms with Gasteiger partial charge < -0.3 is 5.73 Å². The van der Waals surface area contributed by atoms with Gasteiger partial charge in [0, 0.05) is 25.3 Å². The molecule has 1 aliphatic rings. The van der Waals surface area contributed by atoms with Crippen molar-refractivity contribution in [2.24, 2.45) is 5.92 Å². The van der Waals surface area contributed by atoms with Crippen LogP contribution in [0, 0.1) is 5.92 Å². The van der Waals surface area contributed by atoms with Crippen LogP contribution in [0.5, 0.6) is 0 Å². The zero-order chi connectivity index (χ0) is 13.7. The van der Waals surface area contributed by atoms with Crippen LogP contribution in [-0.4, -0.2) is 18.0 Å². The van der Waals surface area contributed by atoms with Gasteiger partial charge in [0.2, 0.25) is 0 Å². The zero-order valence-corrected chi connectivity index (χ0v) is 12.5. The van der Waals surface area contributed by atoms with E-state index in [2.05, 4.69) is 30.9 Å². The van der Waals surface area contributed by atoms with E-state index in [0.29, 0.717) is 0 Å². The Labute approximate surface area is 118 Å². The average molecular weight is 260 g/mol. The Bertz CT molecular complexity index is 400. The molecule has 0 aliphatic carbocycles. The van der Waals surface area contributed by atoms with Crippen LogP contribution in [0.1, 0.15) is 50.7 Å². The molecule has 0 saturated carbocycles. The van der Waals surface area contributed by atoms with Crippen LogP contribution in [0.2, 0.25) is 0 Å². The number of fused-ring (bicyclic) bond motifs is 1. The lowest BCUT2D eigenvalue weighted by atomic mass is 9.94. The van der Waals surface area contributed by atoms with Gasteiger partial charge in [-0.2, -0.15) is 0 Å². The Morgan fingerprint density at radius 3 is 2.89 bits per heavy atom. The van der Waals surface area contributed by atoms with Gasteiger partial charge in [-0.1, -0.05) is 45.2 Å². The Morgan fingerprint density at radius 1 is 1.32 bits per heavy atom. The van der Waals surface area contributed by atoms with Crippen LogP contribution >= 0.6 is 0 Å². The second-order valence-electron chi connectivity index (χ2n) is 5.89. The largest absolute Gasteiger partial charge is 0.398 e. The Hall–Kier alpha value is -1.02. The van der Waals surface area contributed by atoms with Crippen LogP contribution in [0.4, 0.5) is 5.69 Å². The minimum atomic E-state index is 0.853. The minimum absolute atomic E-state index is 0.853. The molecule has 1 unspecified atom stereocenters. The second-order valence-corrected chi connectivity index (χ2v) is 5.89. The van der Waals surface area contributed by atoms with E-state index in [1.165, 1.54) is 49.9 Å². The molecule has 2 N–H and O–H groups in total. The van der Waals surface area contributed by atoms with Crippen molar-refractivity contribution in [1.82, 2.24) is 4.90 Å². The number of hydrogen-bond donors (Lipinski definition) is 1. The fourth-order valence-electron chi connectivity index (χ4n) is 3.10. The summed E-state index contributed by atoms with van der Waals surface area (Å²) in [5.41, 5.74) is 9.93. The molecule has 2 nitrogen and oxygen atoms in total. The van der Waals surface area contributed by atoms with Gasteiger partial charge in [-0.3, -0.25) is 4.90 Å². The van der Waals surface area contributed by atoms with Crippen LogP contribution in [-0.2, 0) is 13.0 Å². The molecule has 0 radical (unpaired) electrons. The summed E-state index contributed by atoms with van der Waals surface area (Å²) in [5, 5.41) is 0. The van der Waals surface area contributed by atoms with E-state index < -0.39 is 0 Å². The summed E-state index contributed by atoms with van der Waals surface area (Å²) in [5.74, 6) is 0.853. The summed E-state index contributed by atoms with van der Waals surface area (Å²) < 4.78 is 0. The molecular weight excluding hydrogens is 232 g/mol. The zero-order valence-electron chi connectivity index (χ0n) is 12.5. The van der Waals surface area contributed by atoms with Gasteiger partial charge in [-0.15, -0.1) is 0 Å². The highest BCUT2D eigenvalue weighted by Gasteiger charge is 2.20. The second kappa shape index (κ2) is 6.95. The van der Waals surface area contributed by atoms with E-state index >= 15 is 0 Å². The van der Waals surface area contributed by atoms with Gasteiger partial charge >= 0.3 is 0 Å². The number of rotatable bonds is 6. The highest BCUT2D eigenvalue weighted by Crippen LogP contribution is 2.25. The molecule has 1 aliphatic heterocycles. The maximum absolute atomic E-state index is 6.12. The van der Waals surface area contributed by atoms with Crippen molar-refractivity contribution < 1.29 is 0 Å². The summed E-state index contributed by atoms with van der Waals surface area (Å²) in [6.07, 6.45) is 6.51. The molecule has 1 aromatic carbocycles. The fourth-order valence-corrected chi connectivity index (χ4v) is 3.10. The first-order valence-corrected chi connectivity index (χ1v) is 7.83. The number of benzene rings is 1. The Morgan fingerprint density at radius 2 is 2.16 bits per heavy atom. The molecule has 1 aromatic rings. The molecule has 2 rings (SSSR count). The monoisotopic (exact) mass is 260 g/mol. The molecule has 0 fully saturated rings. The molecule has 1 atom stereocenters. The molecule has 0 amide bonds. The van der Waals surface area contributed by atoms with Crippen LogP contribution in [0.15, 0.2) is 18.2 Å². The van der Waals surface area contributed by atoms with Crippen molar-refractivity contribution in [1.29, 1.82) is 0 Å². The van der Waals surface area contributed by atoms with Crippen LogP contribution < -0.4 is 5.73 Å². The molecule has 0 spiro atoms. The predicted molar refractivity (Wildman–Crippen MR) is 83.1 cm³/mol. The highest BCUT2D eigenvalue weighted by atomic mass is 15.1. The van der Waals surface area contributed by atoms with Crippen molar-refractivity contribution in [2.75, 3.05) is 18.8 Å². The van der Waals surface area contributed by atoms with Gasteiger partial charge in [0.1, 0.15) is 0 Å². The molecular formula is C17H28N2. The normalized spacial score (nSPS) is 17.2. The molecule has 0 bridgehead atoms. The third kappa shape index (κ3) is 3.73. The van der Waals surface area contributed by atoms with Crippen molar-refractivity contribution >= 4 is 5.69 Å². The van der Waals surface area contributed by atoms with Crippen LogP contribution in [0.25, 0.3) is 0 Å². The highest BCUT2D eigenvalue weighted by molar-refractivity contribution is 5.51. The Balaban J connectivity index is 1.95. The molecule has 0 saturated heterocycles. The lowest BCUT2D eigenvalue weighted by molar-refractivity contribution is 0.203. The summed E-state index contributed by atoms with van der Waals surface area (Å²) in [6, 6.07) is 6.36. The standard InChI is InChI=1S/C17H28N2/c1-3-5-7-14(4-2)12-19-11-10-15-8-6-9-17(18)16(15)13-19/h6,8-9,14H,3-5,7,10-13,18H2,1-2H3. The van der Waals surface area contributed by atoms with Gasteiger partial charge in [0.25, 0.3) is 0 Å². The first kappa shape index (κ1) is 14.4. The average Bonchev–Trinajstić information content (AvgIpc) is 2.44. The topological polar surface area (TPSA) is 29.3 Å². The van der Waals surface area contributed by atoms with E-state index in [4.69, 9.17) is 5.73 Å². The van der Waals surface area contributed by atoms with Gasteiger partial charge in [-0.05, 0) is 36.0 Å². The van der Waals surface area contributed by atoms with E-state index in [1.807, 2.05) is 6.07 Å². The summed E-state index contributed by atoms with van der Waals surface area (Å²) in [4.78, 5) is 2.60. The first-order valence-electron chi connectivity index (χ1n) is 7.83. The van der Waals surface area contributed by atoms with Gasteiger partial charge in [-0.25, -0.2) is 0 Å². The first-order chi connectivity index (χ1) is 9.24. The molecule has 0 aromatic heterocycles. The van der Waals surface area contributed by atoms with E-state index in [0.717, 1.165) is 24.6 Å². The third-order valence-electron chi connectivity index (χ3n) is 4.45. The Kier molecular flexibility index (Phi) is 5.26. The maximum atomic E-state index is 6.12. The molecule has 2 heteroatoms. The van der Waals surface area contributed by atoms with Crippen molar-refractivity contribution in [2.45, 2.75) is 52.5 Å². The van der Waals surface area contributed by atoms with E-state index in [9.17, 15) is 0 Å². The number of unbranched alkanes of at least 4 members (excludes halogenated alkanes) is 1. The van der Waals surface area contributed by atoms with Crippen molar-refractivity contribution in [3.8, 4) is 0 Å². The molecule has 1 heterocycles. The number of anilines is 1. The third-order valence-corrected chi connectivity index (χ3v) is 4.45. The SMILES string of the molecule is CCCCC(CC)CN1CCc2cccc(N)c2C1. The van der Waals surface area contributed by atoms with Crippen molar-refractivity contribution in [3.05, 3.63) is 29.3 Å². The van der Waals surface area contributed by atoms with Crippen molar-refractivity contribution in [3.63, 3.8) is 0 Å². The van der Waals surface area contributed by atoms with Gasteiger partial charge in [0.05, 0.1) is 0 Å². The molecule has 106 valence electrons. The summed E-state index contributed by atoms with van der Waals surface area (Å²) in [7, 11) is 0. The number of nitrogens with zero attached hydrogens (tertiary/aromatic N) is 1. The maximum Gasteiger partial charge on any atom is 0.0362 e. The number of hydrogen-bond acceptors (Lipinski definition) is 2. The lowest BCUT2D eigenvalue weighted by Gasteiger charge is -2.32. The number of nitrogens with two attached hydrogens (primary N) is 1. The quantitative estimate of drug-likeness (QED) is 0.787. The smallest absolute Gasteiger partial charge is 0.0362 e. The fraction of sp³-hybridized carbons (Fsp3) is 0.647. The van der Waals surface area contributed by atoms with Gasteiger partial charge in [0.15, 0.2) is 0 Å².